The molecule has 3 aromatic carbocycles. The zero-order valence-corrected chi connectivity index (χ0v) is 15.1. The lowest BCUT2D eigenvalue weighted by molar-refractivity contribution is 0.102. The Kier molecular flexibility index (Phi) is 5.61. The van der Waals surface area contributed by atoms with Crippen LogP contribution in [0, 0.1) is 5.82 Å². The monoisotopic (exact) mass is 397 g/mol. The SMILES string of the molecule is O=C(Nc1ccc(Br)cc1F)c1ccccc1CCc1ccccc1. The predicted octanol–water partition coefficient (Wildman–Crippen LogP) is 5.63. The van der Waals surface area contributed by atoms with Crippen molar-refractivity contribution >= 4 is 27.5 Å². The van der Waals surface area contributed by atoms with E-state index in [1.165, 1.54) is 11.6 Å². The first-order chi connectivity index (χ1) is 12.1. The molecule has 25 heavy (non-hydrogen) atoms. The molecule has 0 heterocycles. The molecule has 126 valence electrons. The van der Waals surface area contributed by atoms with Crippen LogP contribution in [-0.4, -0.2) is 5.91 Å². The van der Waals surface area contributed by atoms with Crippen LogP contribution in [0.5, 0.6) is 0 Å². The molecule has 0 fully saturated rings. The summed E-state index contributed by atoms with van der Waals surface area (Å²) in [4.78, 5) is 12.6. The average molecular weight is 398 g/mol. The Bertz CT molecular complexity index is 880. The molecule has 1 N–H and O–H groups in total. The molecule has 0 aliphatic carbocycles. The van der Waals surface area contributed by atoms with Crippen LogP contribution >= 0.6 is 15.9 Å². The van der Waals surface area contributed by atoms with Crippen LogP contribution in [0.3, 0.4) is 0 Å². The van der Waals surface area contributed by atoms with Gasteiger partial charge in [-0.15, -0.1) is 0 Å². The molecular formula is C21H17BrFNO. The van der Waals surface area contributed by atoms with Gasteiger partial charge in [-0.05, 0) is 48.2 Å². The van der Waals surface area contributed by atoms with E-state index in [0.29, 0.717) is 10.0 Å². The maximum absolute atomic E-state index is 14.0. The second-order valence-corrected chi connectivity index (χ2v) is 6.64. The van der Waals surface area contributed by atoms with Gasteiger partial charge in [-0.1, -0.05) is 64.5 Å². The third-order valence-electron chi connectivity index (χ3n) is 3.97. The standard InChI is InChI=1S/C21H17BrFNO/c22-17-12-13-20(19(23)14-17)24-21(25)18-9-5-4-8-16(18)11-10-15-6-2-1-3-7-15/h1-9,12-14H,10-11H2,(H,24,25). The summed E-state index contributed by atoms with van der Waals surface area (Å²) in [5.41, 5.74) is 2.91. The highest BCUT2D eigenvalue weighted by Crippen LogP contribution is 2.21. The molecule has 0 aliphatic rings. The minimum Gasteiger partial charge on any atom is -0.319 e. The largest absolute Gasteiger partial charge is 0.319 e. The number of hydrogen-bond donors (Lipinski definition) is 1. The lowest BCUT2D eigenvalue weighted by Gasteiger charge is -2.11. The highest BCUT2D eigenvalue weighted by Gasteiger charge is 2.13. The first kappa shape index (κ1) is 17.4. The zero-order valence-electron chi connectivity index (χ0n) is 13.5. The van der Waals surface area contributed by atoms with Crippen molar-refractivity contribution < 1.29 is 9.18 Å². The number of carbonyl (C=O) groups excluding carboxylic acids is 1. The highest BCUT2D eigenvalue weighted by molar-refractivity contribution is 9.10. The second-order valence-electron chi connectivity index (χ2n) is 5.72. The third-order valence-corrected chi connectivity index (χ3v) is 4.46. The van der Waals surface area contributed by atoms with Crippen molar-refractivity contribution in [2.75, 3.05) is 5.32 Å². The smallest absolute Gasteiger partial charge is 0.256 e. The van der Waals surface area contributed by atoms with Gasteiger partial charge in [0.25, 0.3) is 5.91 Å². The van der Waals surface area contributed by atoms with E-state index in [4.69, 9.17) is 0 Å². The van der Waals surface area contributed by atoms with Crippen molar-refractivity contribution in [3.8, 4) is 0 Å². The fourth-order valence-corrected chi connectivity index (χ4v) is 3.00. The number of amides is 1. The van der Waals surface area contributed by atoms with Crippen LogP contribution in [0.25, 0.3) is 0 Å². The molecule has 0 atom stereocenters. The maximum Gasteiger partial charge on any atom is 0.256 e. The molecule has 0 bridgehead atoms. The Balaban J connectivity index is 1.76. The maximum atomic E-state index is 14.0. The van der Waals surface area contributed by atoms with Gasteiger partial charge in [-0.2, -0.15) is 0 Å². The lowest BCUT2D eigenvalue weighted by atomic mass is 9.99. The Labute approximate surface area is 154 Å². The fraction of sp³-hybridized carbons (Fsp3) is 0.0952. The molecule has 0 aliphatic heterocycles. The molecule has 0 saturated carbocycles. The molecule has 0 aromatic heterocycles. The van der Waals surface area contributed by atoms with Gasteiger partial charge in [0.15, 0.2) is 0 Å². The molecule has 2 nitrogen and oxygen atoms in total. The summed E-state index contributed by atoms with van der Waals surface area (Å²) < 4.78 is 14.6. The van der Waals surface area contributed by atoms with Gasteiger partial charge < -0.3 is 5.32 Å². The lowest BCUT2D eigenvalue weighted by Crippen LogP contribution is -2.15. The van der Waals surface area contributed by atoms with Gasteiger partial charge in [-0.25, -0.2) is 4.39 Å². The van der Waals surface area contributed by atoms with Crippen molar-refractivity contribution in [3.05, 3.63) is 99.8 Å². The summed E-state index contributed by atoms with van der Waals surface area (Å²) in [6.07, 6.45) is 1.59. The summed E-state index contributed by atoms with van der Waals surface area (Å²) in [5.74, 6) is -0.769. The van der Waals surface area contributed by atoms with Crippen molar-refractivity contribution in [2.45, 2.75) is 12.8 Å². The van der Waals surface area contributed by atoms with Gasteiger partial charge >= 0.3 is 0 Å². The highest BCUT2D eigenvalue weighted by atomic mass is 79.9. The van der Waals surface area contributed by atoms with E-state index in [1.54, 1.807) is 18.2 Å². The number of carbonyl (C=O) groups is 1. The van der Waals surface area contributed by atoms with Crippen molar-refractivity contribution in [1.82, 2.24) is 0 Å². The minimum absolute atomic E-state index is 0.172. The Morgan fingerprint density at radius 3 is 2.40 bits per heavy atom. The molecule has 0 radical (unpaired) electrons. The number of hydrogen-bond acceptors (Lipinski definition) is 1. The average Bonchev–Trinajstić information content (AvgIpc) is 2.63. The van der Waals surface area contributed by atoms with E-state index in [2.05, 4.69) is 33.4 Å². The molecular weight excluding hydrogens is 381 g/mol. The van der Waals surface area contributed by atoms with Crippen LogP contribution < -0.4 is 5.32 Å². The Hall–Kier alpha value is -2.46. The Morgan fingerprint density at radius 2 is 1.64 bits per heavy atom. The van der Waals surface area contributed by atoms with E-state index in [0.717, 1.165) is 18.4 Å². The van der Waals surface area contributed by atoms with E-state index in [9.17, 15) is 9.18 Å². The van der Waals surface area contributed by atoms with Gasteiger partial charge in [-0.3, -0.25) is 4.79 Å². The molecule has 3 aromatic rings. The van der Waals surface area contributed by atoms with Gasteiger partial charge in [0.1, 0.15) is 5.82 Å². The molecule has 0 saturated heterocycles. The summed E-state index contributed by atoms with van der Waals surface area (Å²) in [7, 11) is 0. The van der Waals surface area contributed by atoms with Crippen LogP contribution in [0.2, 0.25) is 0 Å². The molecule has 1 amide bonds. The van der Waals surface area contributed by atoms with Crippen molar-refractivity contribution in [1.29, 1.82) is 0 Å². The van der Waals surface area contributed by atoms with Crippen LogP contribution in [0.1, 0.15) is 21.5 Å². The topological polar surface area (TPSA) is 29.1 Å². The zero-order chi connectivity index (χ0) is 17.6. The Morgan fingerprint density at radius 1 is 0.920 bits per heavy atom. The van der Waals surface area contributed by atoms with Gasteiger partial charge in [0.2, 0.25) is 0 Å². The first-order valence-electron chi connectivity index (χ1n) is 8.02. The summed E-state index contributed by atoms with van der Waals surface area (Å²) >= 11 is 3.21. The van der Waals surface area contributed by atoms with Crippen LogP contribution in [0.15, 0.2) is 77.3 Å². The van der Waals surface area contributed by atoms with E-state index >= 15 is 0 Å². The molecule has 3 rings (SSSR count). The number of rotatable bonds is 5. The number of benzene rings is 3. The summed E-state index contributed by atoms with van der Waals surface area (Å²) in [6, 6.07) is 22.1. The normalized spacial score (nSPS) is 10.5. The molecule has 4 heteroatoms. The molecule has 0 unspecified atom stereocenters. The van der Waals surface area contributed by atoms with E-state index in [-0.39, 0.29) is 11.6 Å². The van der Waals surface area contributed by atoms with E-state index in [1.807, 2.05) is 36.4 Å². The van der Waals surface area contributed by atoms with Crippen LogP contribution in [0.4, 0.5) is 10.1 Å². The van der Waals surface area contributed by atoms with Crippen molar-refractivity contribution in [2.24, 2.45) is 0 Å². The summed E-state index contributed by atoms with van der Waals surface area (Å²) in [6.45, 7) is 0. The quantitative estimate of drug-likeness (QED) is 0.593. The number of halogens is 2. The number of nitrogens with one attached hydrogen (secondary N) is 1. The van der Waals surface area contributed by atoms with Gasteiger partial charge in [0.05, 0.1) is 5.69 Å². The minimum atomic E-state index is -0.468. The van der Waals surface area contributed by atoms with E-state index < -0.39 is 5.82 Å². The van der Waals surface area contributed by atoms with Crippen molar-refractivity contribution in [3.63, 3.8) is 0 Å². The fourth-order valence-electron chi connectivity index (χ4n) is 2.66. The molecule has 0 spiro atoms. The summed E-state index contributed by atoms with van der Waals surface area (Å²) in [5, 5.41) is 2.66. The van der Waals surface area contributed by atoms with Gasteiger partial charge in [0, 0.05) is 10.0 Å². The second kappa shape index (κ2) is 8.08. The van der Waals surface area contributed by atoms with Crippen LogP contribution in [-0.2, 0) is 12.8 Å². The first-order valence-corrected chi connectivity index (χ1v) is 8.81. The number of aryl methyl sites for hydroxylation is 2. The third kappa shape index (κ3) is 4.54. The predicted molar refractivity (Wildman–Crippen MR) is 102 cm³/mol. The number of anilines is 1.